The van der Waals surface area contributed by atoms with E-state index in [1.54, 1.807) is 48.5 Å². The van der Waals surface area contributed by atoms with Gasteiger partial charge in [-0.05, 0) is 24.3 Å². The summed E-state index contributed by atoms with van der Waals surface area (Å²) >= 11 is 0. The summed E-state index contributed by atoms with van der Waals surface area (Å²) < 4.78 is 26.2. The molecule has 1 aliphatic rings. The van der Waals surface area contributed by atoms with Gasteiger partial charge in [0, 0.05) is 0 Å². The molecule has 1 fully saturated rings. The van der Waals surface area contributed by atoms with Crippen LogP contribution in [0.3, 0.4) is 0 Å². The number of hydrogen-bond acceptors (Lipinski definition) is 10. The van der Waals surface area contributed by atoms with E-state index in [9.17, 15) is 24.6 Å². The highest BCUT2D eigenvalue weighted by atomic mass is 16.7. The van der Waals surface area contributed by atoms with Crippen LogP contribution >= 0.6 is 0 Å². The third-order valence-electron chi connectivity index (χ3n) is 4.89. The predicted octanol–water partition coefficient (Wildman–Crippen LogP) is 0.628. The van der Waals surface area contributed by atoms with Crippen molar-refractivity contribution in [2.75, 3.05) is 19.8 Å². The molecular weight excluding hydrogens is 450 g/mol. The van der Waals surface area contributed by atoms with Crippen LogP contribution in [0.1, 0.15) is 20.7 Å². The molecule has 0 aliphatic carbocycles. The molecule has 182 valence electrons. The number of ether oxygens (including phenoxy) is 5. The van der Waals surface area contributed by atoms with E-state index in [1.165, 1.54) is 12.1 Å². The van der Waals surface area contributed by atoms with Crippen molar-refractivity contribution in [3.63, 3.8) is 0 Å². The zero-order valence-electron chi connectivity index (χ0n) is 18.0. The molecule has 1 amide bonds. The molecule has 2 aromatic carbocycles. The van der Waals surface area contributed by atoms with Crippen molar-refractivity contribution in [1.29, 1.82) is 0 Å². The summed E-state index contributed by atoms with van der Waals surface area (Å²) in [4.78, 5) is 35.6. The number of hydrogen-bond donors (Lipinski definition) is 3. The highest BCUT2D eigenvalue weighted by molar-refractivity contribution is 5.90. The van der Waals surface area contributed by atoms with Crippen LogP contribution in [0, 0.1) is 0 Å². The van der Waals surface area contributed by atoms with Crippen LogP contribution in [-0.2, 0) is 23.7 Å². The van der Waals surface area contributed by atoms with Crippen molar-refractivity contribution in [3.05, 3.63) is 71.8 Å². The molecule has 4 N–H and O–H groups in total. The first-order chi connectivity index (χ1) is 16.4. The lowest BCUT2D eigenvalue weighted by Crippen LogP contribution is -2.60. The third kappa shape index (κ3) is 6.75. The van der Waals surface area contributed by atoms with Gasteiger partial charge in [-0.15, -0.1) is 0 Å². The number of amides is 1. The van der Waals surface area contributed by atoms with Crippen LogP contribution in [0.2, 0.25) is 0 Å². The smallest absolute Gasteiger partial charge is 0.404 e. The second-order valence-electron chi connectivity index (χ2n) is 7.26. The van der Waals surface area contributed by atoms with Gasteiger partial charge in [-0.2, -0.15) is 0 Å². The Hall–Kier alpha value is -3.51. The minimum atomic E-state index is -1.64. The predicted molar refractivity (Wildman–Crippen MR) is 115 cm³/mol. The maximum Gasteiger partial charge on any atom is 0.404 e. The maximum absolute atomic E-state index is 12.6. The van der Waals surface area contributed by atoms with Gasteiger partial charge in [0.05, 0.1) is 17.7 Å². The van der Waals surface area contributed by atoms with Gasteiger partial charge < -0.3 is 39.6 Å². The summed E-state index contributed by atoms with van der Waals surface area (Å²) in [5.41, 5.74) is 5.38. The van der Waals surface area contributed by atoms with E-state index in [-0.39, 0.29) is 24.3 Å². The number of aliphatic hydroxyl groups excluding tert-OH is 2. The van der Waals surface area contributed by atoms with Crippen molar-refractivity contribution in [2.24, 2.45) is 5.73 Å². The van der Waals surface area contributed by atoms with Gasteiger partial charge in [0.2, 0.25) is 0 Å². The van der Waals surface area contributed by atoms with E-state index >= 15 is 0 Å². The van der Waals surface area contributed by atoms with Crippen LogP contribution in [0.15, 0.2) is 60.7 Å². The Kier molecular flexibility index (Phi) is 8.93. The number of carbonyl (C=O) groups excluding carboxylic acids is 3. The molecule has 11 heteroatoms. The van der Waals surface area contributed by atoms with Crippen LogP contribution in [0.25, 0.3) is 0 Å². The van der Waals surface area contributed by atoms with E-state index in [2.05, 4.69) is 4.74 Å². The van der Waals surface area contributed by atoms with E-state index in [1.807, 2.05) is 0 Å². The molecule has 5 atom stereocenters. The normalized spacial score (nSPS) is 24.1. The van der Waals surface area contributed by atoms with Crippen molar-refractivity contribution in [3.8, 4) is 0 Å². The first kappa shape index (κ1) is 25.1. The fraction of sp³-hybridized carbons (Fsp3) is 0.348. The first-order valence-corrected chi connectivity index (χ1v) is 10.4. The number of esters is 2. The first-order valence-electron chi connectivity index (χ1n) is 10.4. The van der Waals surface area contributed by atoms with Gasteiger partial charge >= 0.3 is 18.0 Å². The minimum Gasteiger partial charge on any atom is -0.459 e. The number of benzene rings is 2. The average Bonchev–Trinajstić information content (AvgIpc) is 2.85. The lowest BCUT2D eigenvalue weighted by Gasteiger charge is -2.41. The molecule has 0 bridgehead atoms. The number of aliphatic hydroxyl groups is 2. The second kappa shape index (κ2) is 12.1. The summed E-state index contributed by atoms with van der Waals surface area (Å²) in [5.74, 6) is -1.43. The Morgan fingerprint density at radius 3 is 2.00 bits per heavy atom. The Morgan fingerprint density at radius 2 is 1.41 bits per heavy atom. The Morgan fingerprint density at radius 1 is 0.824 bits per heavy atom. The molecule has 34 heavy (non-hydrogen) atoms. The minimum absolute atomic E-state index is 0.206. The van der Waals surface area contributed by atoms with Crippen LogP contribution in [0.5, 0.6) is 0 Å². The molecule has 0 aromatic heterocycles. The zero-order chi connectivity index (χ0) is 24.5. The van der Waals surface area contributed by atoms with Gasteiger partial charge in [0.1, 0.15) is 31.5 Å². The number of carbonyl (C=O) groups is 3. The molecule has 0 radical (unpaired) electrons. The van der Waals surface area contributed by atoms with E-state index < -0.39 is 55.3 Å². The topological polar surface area (TPSA) is 164 Å². The molecule has 0 unspecified atom stereocenters. The van der Waals surface area contributed by atoms with Crippen molar-refractivity contribution in [1.82, 2.24) is 0 Å². The summed E-state index contributed by atoms with van der Waals surface area (Å²) in [6, 6.07) is 16.2. The largest absolute Gasteiger partial charge is 0.459 e. The molecule has 3 rings (SSSR count). The fourth-order valence-electron chi connectivity index (χ4n) is 3.21. The van der Waals surface area contributed by atoms with E-state index in [4.69, 9.17) is 24.7 Å². The molecular formula is C23H25NO10. The molecule has 11 nitrogen and oxygen atoms in total. The quantitative estimate of drug-likeness (QED) is 0.266. The van der Waals surface area contributed by atoms with Gasteiger partial charge in [0.15, 0.2) is 12.4 Å². The second-order valence-corrected chi connectivity index (χ2v) is 7.26. The molecule has 0 saturated carbocycles. The summed E-state index contributed by atoms with van der Waals surface area (Å²) in [6.07, 6.45) is -8.22. The number of rotatable bonds is 9. The van der Waals surface area contributed by atoms with Gasteiger partial charge in [0.25, 0.3) is 0 Å². The fourth-order valence-corrected chi connectivity index (χ4v) is 3.21. The van der Waals surface area contributed by atoms with E-state index in [0.29, 0.717) is 0 Å². The van der Waals surface area contributed by atoms with Gasteiger partial charge in [-0.1, -0.05) is 36.4 Å². The molecule has 1 heterocycles. The number of primary amides is 1. The Bertz CT molecular complexity index is 955. The Balaban J connectivity index is 1.71. The van der Waals surface area contributed by atoms with Crippen LogP contribution in [-0.4, -0.2) is 78.8 Å². The number of nitrogens with two attached hydrogens (primary N) is 1. The lowest BCUT2D eigenvalue weighted by atomic mass is 9.98. The third-order valence-corrected chi connectivity index (χ3v) is 4.89. The van der Waals surface area contributed by atoms with Crippen molar-refractivity contribution < 1.29 is 48.3 Å². The van der Waals surface area contributed by atoms with Crippen molar-refractivity contribution in [2.45, 2.75) is 30.7 Å². The van der Waals surface area contributed by atoms with Gasteiger partial charge in [-0.25, -0.2) is 14.4 Å². The van der Waals surface area contributed by atoms with Crippen LogP contribution < -0.4 is 5.73 Å². The summed E-state index contributed by atoms with van der Waals surface area (Å²) in [6.45, 7) is -0.845. The zero-order valence-corrected chi connectivity index (χ0v) is 18.0. The van der Waals surface area contributed by atoms with E-state index in [0.717, 1.165) is 0 Å². The standard InChI is InChI=1S/C23H25NO10/c24-23(29)31-12-11-30-22-18(26)17(25)19(34-21(28)15-9-5-2-6-10-15)16(33-22)13-32-20(27)14-7-3-1-4-8-14/h1-10,16-19,22,25-26H,11-13H2,(H2,24,29)/t16-,17-,18-,19+,22-/m1/s1. The molecule has 1 saturated heterocycles. The summed E-state index contributed by atoms with van der Waals surface area (Å²) in [7, 11) is 0. The highest BCUT2D eigenvalue weighted by Gasteiger charge is 2.48. The van der Waals surface area contributed by atoms with Gasteiger partial charge in [-0.3, -0.25) is 0 Å². The highest BCUT2D eigenvalue weighted by Crippen LogP contribution is 2.26. The summed E-state index contributed by atoms with van der Waals surface area (Å²) in [5, 5.41) is 21.1. The lowest BCUT2D eigenvalue weighted by molar-refractivity contribution is -0.301. The monoisotopic (exact) mass is 475 g/mol. The molecule has 1 aliphatic heterocycles. The molecule has 2 aromatic rings. The van der Waals surface area contributed by atoms with Crippen molar-refractivity contribution >= 4 is 18.0 Å². The molecule has 0 spiro atoms. The SMILES string of the molecule is NC(=O)OCCO[C@@H]1O[C@H](COC(=O)c2ccccc2)[C@H](OC(=O)c2ccccc2)[C@H](O)[C@H]1O. The Labute approximate surface area is 194 Å². The maximum atomic E-state index is 12.6. The average molecular weight is 475 g/mol. The van der Waals surface area contributed by atoms with Crippen LogP contribution in [0.4, 0.5) is 4.79 Å².